The van der Waals surface area contributed by atoms with Gasteiger partial charge in [0.1, 0.15) is 6.61 Å². The Balaban J connectivity index is 1.39. The van der Waals surface area contributed by atoms with Gasteiger partial charge in [0.25, 0.3) is 0 Å². The molecule has 0 N–H and O–H groups in total. The summed E-state index contributed by atoms with van der Waals surface area (Å²) in [6.45, 7) is 3.22. The largest absolute Gasteiger partial charge is 0.466 e. The molecule has 6 heteroatoms. The normalized spacial score (nSPS) is 12.0. The fourth-order valence-electron chi connectivity index (χ4n) is 3.30. The molecule has 0 radical (unpaired) electrons. The molecular weight excluding hydrogens is 384 g/mol. The maximum atomic E-state index is 11.9. The predicted octanol–water partition coefficient (Wildman–Crippen LogP) is 5.70. The predicted molar refractivity (Wildman–Crippen MR) is 114 cm³/mol. The topological polar surface area (TPSA) is 71.1 Å². The van der Waals surface area contributed by atoms with Gasteiger partial charge >= 0.3 is 11.9 Å². The molecule has 30 heavy (non-hydrogen) atoms. The fourth-order valence-corrected chi connectivity index (χ4v) is 3.30. The van der Waals surface area contributed by atoms with Crippen LogP contribution in [-0.2, 0) is 25.7 Å². The van der Waals surface area contributed by atoms with Gasteiger partial charge in [-0.3, -0.25) is 9.59 Å². The van der Waals surface area contributed by atoms with Crippen molar-refractivity contribution in [3.05, 3.63) is 23.8 Å². The van der Waals surface area contributed by atoms with Crippen molar-refractivity contribution in [2.24, 2.45) is 0 Å². The van der Waals surface area contributed by atoms with E-state index in [9.17, 15) is 9.59 Å². The Morgan fingerprint density at radius 3 is 2.17 bits per heavy atom. The molecule has 0 amide bonds. The van der Waals surface area contributed by atoms with Gasteiger partial charge in [-0.05, 0) is 37.0 Å². The van der Waals surface area contributed by atoms with Gasteiger partial charge < -0.3 is 18.9 Å². The molecule has 1 aliphatic rings. The molecule has 0 atom stereocenters. The SMILES string of the molecule is CCCCCCOC(=O)CCCCCCCCC(=O)OCc1ccc2c(c1)OCO2. The van der Waals surface area contributed by atoms with Crippen molar-refractivity contribution < 1.29 is 28.5 Å². The van der Waals surface area contributed by atoms with E-state index in [-0.39, 0.29) is 25.3 Å². The summed E-state index contributed by atoms with van der Waals surface area (Å²) >= 11 is 0. The van der Waals surface area contributed by atoms with E-state index < -0.39 is 0 Å². The van der Waals surface area contributed by atoms with Crippen molar-refractivity contribution in [3.8, 4) is 11.5 Å². The zero-order valence-corrected chi connectivity index (χ0v) is 18.3. The summed E-state index contributed by atoms with van der Waals surface area (Å²) in [6.07, 6.45) is 11.3. The molecule has 0 unspecified atom stereocenters. The number of hydrogen-bond acceptors (Lipinski definition) is 6. The summed E-state index contributed by atoms with van der Waals surface area (Å²) in [5.41, 5.74) is 0.895. The lowest BCUT2D eigenvalue weighted by Crippen LogP contribution is -2.05. The molecule has 1 aromatic rings. The third-order valence-electron chi connectivity index (χ3n) is 5.11. The van der Waals surface area contributed by atoms with Crippen molar-refractivity contribution in [1.29, 1.82) is 0 Å². The third kappa shape index (κ3) is 9.99. The van der Waals surface area contributed by atoms with Crippen LogP contribution in [0.4, 0.5) is 0 Å². The van der Waals surface area contributed by atoms with Crippen LogP contribution >= 0.6 is 0 Å². The van der Waals surface area contributed by atoms with E-state index >= 15 is 0 Å². The molecule has 168 valence electrons. The second kappa shape index (κ2) is 14.7. The van der Waals surface area contributed by atoms with E-state index in [1.807, 2.05) is 18.2 Å². The number of hydrogen-bond donors (Lipinski definition) is 0. The van der Waals surface area contributed by atoms with Crippen molar-refractivity contribution in [3.63, 3.8) is 0 Å². The first-order chi connectivity index (χ1) is 14.7. The lowest BCUT2D eigenvalue weighted by molar-refractivity contribution is -0.145. The minimum atomic E-state index is -0.172. The second-order valence-corrected chi connectivity index (χ2v) is 7.75. The summed E-state index contributed by atoms with van der Waals surface area (Å²) in [5.74, 6) is 1.18. The highest BCUT2D eigenvalue weighted by atomic mass is 16.7. The van der Waals surface area contributed by atoms with Crippen LogP contribution in [0, 0.1) is 0 Å². The molecule has 0 aliphatic carbocycles. The van der Waals surface area contributed by atoms with Crippen molar-refractivity contribution in [2.45, 2.75) is 90.6 Å². The van der Waals surface area contributed by atoms with Gasteiger partial charge in [-0.15, -0.1) is 0 Å². The van der Waals surface area contributed by atoms with Gasteiger partial charge in [0.15, 0.2) is 11.5 Å². The smallest absolute Gasteiger partial charge is 0.306 e. The monoisotopic (exact) mass is 420 g/mol. The van der Waals surface area contributed by atoms with E-state index in [2.05, 4.69) is 6.92 Å². The quantitative estimate of drug-likeness (QED) is 0.252. The zero-order chi connectivity index (χ0) is 21.4. The van der Waals surface area contributed by atoms with Crippen LogP contribution in [0.2, 0.25) is 0 Å². The standard InChI is InChI=1S/C24H36O6/c1-2-3-4-11-16-27-23(25)12-9-7-5-6-8-10-13-24(26)28-18-20-14-15-21-22(17-20)30-19-29-21/h14-15,17H,2-13,16,18-19H2,1H3. The van der Waals surface area contributed by atoms with Crippen LogP contribution in [-0.4, -0.2) is 25.3 Å². The van der Waals surface area contributed by atoms with Crippen molar-refractivity contribution >= 4 is 11.9 Å². The third-order valence-corrected chi connectivity index (χ3v) is 5.11. The van der Waals surface area contributed by atoms with Crippen LogP contribution < -0.4 is 9.47 Å². The van der Waals surface area contributed by atoms with Crippen LogP contribution in [0.15, 0.2) is 18.2 Å². The van der Waals surface area contributed by atoms with Crippen LogP contribution in [0.25, 0.3) is 0 Å². The lowest BCUT2D eigenvalue weighted by Gasteiger charge is -2.06. The van der Waals surface area contributed by atoms with Gasteiger partial charge in [-0.25, -0.2) is 0 Å². The molecule has 0 saturated heterocycles. The Morgan fingerprint density at radius 1 is 0.800 bits per heavy atom. The lowest BCUT2D eigenvalue weighted by atomic mass is 10.1. The Hall–Kier alpha value is -2.24. The summed E-state index contributed by atoms with van der Waals surface area (Å²) in [4.78, 5) is 23.5. The molecular formula is C24H36O6. The highest BCUT2D eigenvalue weighted by Crippen LogP contribution is 2.32. The number of carbonyl (C=O) groups excluding carboxylic acids is 2. The number of esters is 2. The Labute approximate surface area is 180 Å². The van der Waals surface area contributed by atoms with E-state index in [1.54, 1.807) is 0 Å². The van der Waals surface area contributed by atoms with E-state index in [4.69, 9.17) is 18.9 Å². The molecule has 0 aromatic heterocycles. The van der Waals surface area contributed by atoms with E-state index in [0.29, 0.717) is 25.2 Å². The van der Waals surface area contributed by atoms with Gasteiger partial charge in [-0.2, -0.15) is 0 Å². The summed E-state index contributed by atoms with van der Waals surface area (Å²) < 4.78 is 21.1. The number of unbranched alkanes of at least 4 members (excludes halogenated alkanes) is 8. The molecule has 0 spiro atoms. The molecule has 1 aromatic carbocycles. The molecule has 0 bridgehead atoms. The van der Waals surface area contributed by atoms with Gasteiger partial charge in [0.2, 0.25) is 6.79 Å². The maximum Gasteiger partial charge on any atom is 0.306 e. The van der Waals surface area contributed by atoms with Gasteiger partial charge in [0, 0.05) is 12.8 Å². The maximum absolute atomic E-state index is 11.9. The average molecular weight is 421 g/mol. The number of carbonyl (C=O) groups is 2. The minimum Gasteiger partial charge on any atom is -0.466 e. The van der Waals surface area contributed by atoms with Gasteiger partial charge in [-0.1, -0.05) is 57.9 Å². The number of benzene rings is 1. The van der Waals surface area contributed by atoms with Crippen LogP contribution in [0.1, 0.15) is 89.5 Å². The second-order valence-electron chi connectivity index (χ2n) is 7.75. The van der Waals surface area contributed by atoms with Gasteiger partial charge in [0.05, 0.1) is 6.61 Å². The first-order valence-electron chi connectivity index (χ1n) is 11.4. The van der Waals surface area contributed by atoms with Crippen LogP contribution in [0.3, 0.4) is 0 Å². The first kappa shape index (κ1) is 24.0. The Morgan fingerprint density at radius 2 is 1.43 bits per heavy atom. The molecule has 6 nitrogen and oxygen atoms in total. The van der Waals surface area contributed by atoms with E-state index in [0.717, 1.165) is 62.7 Å². The zero-order valence-electron chi connectivity index (χ0n) is 18.3. The van der Waals surface area contributed by atoms with Crippen molar-refractivity contribution in [1.82, 2.24) is 0 Å². The Kier molecular flexibility index (Phi) is 11.8. The average Bonchev–Trinajstić information content (AvgIpc) is 3.22. The molecule has 0 fully saturated rings. The highest BCUT2D eigenvalue weighted by Gasteiger charge is 2.13. The molecule has 1 aliphatic heterocycles. The summed E-state index contributed by atoms with van der Waals surface area (Å²) in [5, 5.41) is 0. The summed E-state index contributed by atoms with van der Waals surface area (Å²) in [7, 11) is 0. The number of rotatable bonds is 16. The van der Waals surface area contributed by atoms with Crippen LogP contribution in [0.5, 0.6) is 11.5 Å². The summed E-state index contributed by atoms with van der Waals surface area (Å²) in [6, 6.07) is 5.56. The molecule has 1 heterocycles. The molecule has 0 saturated carbocycles. The minimum absolute atomic E-state index is 0.0725. The number of fused-ring (bicyclic) bond motifs is 1. The highest BCUT2D eigenvalue weighted by molar-refractivity contribution is 5.69. The van der Waals surface area contributed by atoms with E-state index in [1.165, 1.54) is 12.8 Å². The fraction of sp³-hybridized carbons (Fsp3) is 0.667. The number of ether oxygens (including phenoxy) is 4. The molecule has 2 rings (SSSR count). The first-order valence-corrected chi connectivity index (χ1v) is 11.4. The Bertz CT molecular complexity index is 643. The van der Waals surface area contributed by atoms with Crippen molar-refractivity contribution in [2.75, 3.05) is 13.4 Å².